The maximum atomic E-state index is 12.0. The smallest absolute Gasteiger partial charge is 0.158 e. The SMILES string of the molecule is CC(C)(C)C(=O)CSC1=CC(=O)C[C@H](c2ccccc2)S1. The Kier molecular flexibility index (Phi) is 5.33. The standard InChI is InChI=1S/C17H20O2S2/c1-17(2,3)15(19)11-20-16-10-13(18)9-14(21-16)12-7-5-4-6-8-12/h4-8,10,14H,9,11H2,1-3H3/t14-/m1/s1. The minimum Gasteiger partial charge on any atom is -0.298 e. The summed E-state index contributed by atoms with van der Waals surface area (Å²) in [6, 6.07) is 10.1. The van der Waals surface area contributed by atoms with Crippen molar-refractivity contribution in [2.75, 3.05) is 5.75 Å². The highest BCUT2D eigenvalue weighted by molar-refractivity contribution is 8.22. The molecule has 0 aromatic heterocycles. The van der Waals surface area contributed by atoms with Gasteiger partial charge in [0.1, 0.15) is 5.78 Å². The zero-order chi connectivity index (χ0) is 15.5. The predicted octanol–water partition coefficient (Wildman–Crippen LogP) is 4.62. The van der Waals surface area contributed by atoms with E-state index in [2.05, 4.69) is 12.1 Å². The van der Waals surface area contributed by atoms with Gasteiger partial charge in [-0.15, -0.1) is 23.5 Å². The lowest BCUT2D eigenvalue weighted by Crippen LogP contribution is -2.22. The van der Waals surface area contributed by atoms with E-state index in [0.717, 1.165) is 4.24 Å². The van der Waals surface area contributed by atoms with Crippen molar-refractivity contribution in [2.24, 2.45) is 5.41 Å². The first-order valence-corrected chi connectivity index (χ1v) is 8.85. The Bertz CT molecular complexity index is 556. The van der Waals surface area contributed by atoms with Crippen molar-refractivity contribution >= 4 is 35.1 Å². The summed E-state index contributed by atoms with van der Waals surface area (Å²) in [5.41, 5.74) is 0.847. The first-order chi connectivity index (χ1) is 9.86. The molecule has 1 aromatic carbocycles. The molecule has 1 aliphatic rings. The van der Waals surface area contributed by atoms with Crippen LogP contribution >= 0.6 is 23.5 Å². The number of hydrogen-bond acceptors (Lipinski definition) is 4. The van der Waals surface area contributed by atoms with Gasteiger partial charge in [-0.1, -0.05) is 51.1 Å². The van der Waals surface area contributed by atoms with Crippen molar-refractivity contribution in [1.29, 1.82) is 0 Å². The van der Waals surface area contributed by atoms with Crippen molar-refractivity contribution in [3.8, 4) is 0 Å². The number of carbonyl (C=O) groups excluding carboxylic acids is 2. The third-order valence-electron chi connectivity index (χ3n) is 3.28. The van der Waals surface area contributed by atoms with E-state index in [0.29, 0.717) is 12.2 Å². The number of Topliss-reactive ketones (excluding diaryl/α,β-unsaturated/α-hetero) is 1. The molecule has 2 rings (SSSR count). The van der Waals surface area contributed by atoms with Crippen LogP contribution in [0.3, 0.4) is 0 Å². The molecule has 2 nitrogen and oxygen atoms in total. The third kappa shape index (κ3) is 4.75. The molecule has 0 bridgehead atoms. The molecule has 1 heterocycles. The third-order valence-corrected chi connectivity index (χ3v) is 5.80. The van der Waals surface area contributed by atoms with Gasteiger partial charge in [-0.05, 0) is 5.56 Å². The Morgan fingerprint density at radius 2 is 1.95 bits per heavy atom. The van der Waals surface area contributed by atoms with Crippen LogP contribution in [-0.2, 0) is 9.59 Å². The molecule has 0 spiro atoms. The molecule has 0 unspecified atom stereocenters. The number of allylic oxidation sites excluding steroid dienone is 1. The van der Waals surface area contributed by atoms with E-state index in [4.69, 9.17) is 0 Å². The lowest BCUT2D eigenvalue weighted by Gasteiger charge is -2.22. The van der Waals surface area contributed by atoms with Gasteiger partial charge >= 0.3 is 0 Å². The minimum absolute atomic E-state index is 0.147. The molecule has 0 amide bonds. The summed E-state index contributed by atoms with van der Waals surface area (Å²) in [6.45, 7) is 5.78. The van der Waals surface area contributed by atoms with Gasteiger partial charge < -0.3 is 0 Å². The van der Waals surface area contributed by atoms with Crippen LogP contribution in [-0.4, -0.2) is 17.3 Å². The van der Waals surface area contributed by atoms with Crippen LogP contribution in [0.15, 0.2) is 40.6 Å². The van der Waals surface area contributed by atoms with Crippen LogP contribution < -0.4 is 0 Å². The van der Waals surface area contributed by atoms with Gasteiger partial charge in [-0.25, -0.2) is 0 Å². The van der Waals surface area contributed by atoms with Gasteiger partial charge in [0.05, 0.1) is 5.75 Å². The van der Waals surface area contributed by atoms with E-state index in [1.165, 1.54) is 17.3 Å². The van der Waals surface area contributed by atoms with Crippen LogP contribution in [0.4, 0.5) is 0 Å². The number of thioether (sulfide) groups is 2. The largest absolute Gasteiger partial charge is 0.298 e. The summed E-state index contributed by atoms with van der Waals surface area (Å²) in [5.74, 6) is 0.786. The zero-order valence-electron chi connectivity index (χ0n) is 12.6. The molecule has 4 heteroatoms. The van der Waals surface area contributed by atoms with E-state index >= 15 is 0 Å². The van der Waals surface area contributed by atoms with Crippen molar-refractivity contribution in [1.82, 2.24) is 0 Å². The Morgan fingerprint density at radius 3 is 2.57 bits per heavy atom. The Balaban J connectivity index is 2.01. The van der Waals surface area contributed by atoms with Gasteiger partial charge in [-0.2, -0.15) is 0 Å². The Hall–Kier alpha value is -1.00. The second-order valence-electron chi connectivity index (χ2n) is 6.11. The number of hydrogen-bond donors (Lipinski definition) is 0. The van der Waals surface area contributed by atoms with Crippen LogP contribution in [0, 0.1) is 5.41 Å². The second kappa shape index (κ2) is 6.84. The van der Waals surface area contributed by atoms with E-state index < -0.39 is 0 Å². The minimum atomic E-state index is -0.324. The van der Waals surface area contributed by atoms with Crippen LogP contribution in [0.1, 0.15) is 38.0 Å². The predicted molar refractivity (Wildman–Crippen MR) is 91.4 cm³/mol. The normalized spacial score (nSPS) is 19.3. The fourth-order valence-corrected chi connectivity index (χ4v) is 4.61. The average molecular weight is 320 g/mol. The molecule has 0 fully saturated rings. The highest BCUT2D eigenvalue weighted by Gasteiger charge is 2.25. The van der Waals surface area contributed by atoms with Crippen LogP contribution in [0.2, 0.25) is 0 Å². The topological polar surface area (TPSA) is 34.1 Å². The molecular formula is C17H20O2S2. The lowest BCUT2D eigenvalue weighted by molar-refractivity contribution is -0.123. The molecule has 0 saturated carbocycles. The summed E-state index contributed by atoms with van der Waals surface area (Å²) in [5, 5.41) is 0.163. The summed E-state index contributed by atoms with van der Waals surface area (Å²) in [4.78, 5) is 23.9. The maximum absolute atomic E-state index is 12.0. The molecule has 1 aromatic rings. The Morgan fingerprint density at radius 1 is 1.29 bits per heavy atom. The van der Waals surface area contributed by atoms with E-state index in [-0.39, 0.29) is 22.2 Å². The molecule has 21 heavy (non-hydrogen) atoms. The van der Waals surface area contributed by atoms with Gasteiger partial charge in [0.2, 0.25) is 0 Å². The zero-order valence-corrected chi connectivity index (χ0v) is 14.2. The monoisotopic (exact) mass is 320 g/mol. The lowest BCUT2D eigenvalue weighted by atomic mass is 9.92. The summed E-state index contributed by atoms with van der Waals surface area (Å²) < 4.78 is 0.956. The first kappa shape index (κ1) is 16.4. The van der Waals surface area contributed by atoms with Gasteiger partial charge in [-0.3, -0.25) is 9.59 Å². The quantitative estimate of drug-likeness (QED) is 0.810. The molecule has 112 valence electrons. The molecular weight excluding hydrogens is 300 g/mol. The summed E-state index contributed by atoms with van der Waals surface area (Å²) in [7, 11) is 0. The van der Waals surface area contributed by atoms with E-state index in [1.54, 1.807) is 17.8 Å². The molecule has 0 radical (unpaired) electrons. The Labute approximate surface area is 134 Å². The fraction of sp³-hybridized carbons (Fsp3) is 0.412. The molecule has 0 N–H and O–H groups in total. The van der Waals surface area contributed by atoms with Crippen molar-refractivity contribution in [3.63, 3.8) is 0 Å². The van der Waals surface area contributed by atoms with Crippen molar-refractivity contribution in [2.45, 2.75) is 32.4 Å². The summed E-state index contributed by atoms with van der Waals surface area (Å²) >= 11 is 3.18. The molecule has 0 aliphatic carbocycles. The summed E-state index contributed by atoms with van der Waals surface area (Å²) in [6.07, 6.45) is 2.22. The van der Waals surface area contributed by atoms with Crippen molar-refractivity contribution in [3.05, 3.63) is 46.2 Å². The number of carbonyl (C=O) groups is 2. The average Bonchev–Trinajstić information content (AvgIpc) is 2.44. The van der Waals surface area contributed by atoms with Crippen LogP contribution in [0.25, 0.3) is 0 Å². The molecule has 1 aliphatic heterocycles. The van der Waals surface area contributed by atoms with Gasteiger partial charge in [0, 0.05) is 27.4 Å². The molecule has 1 atom stereocenters. The van der Waals surface area contributed by atoms with E-state index in [1.807, 2.05) is 39.0 Å². The second-order valence-corrected chi connectivity index (χ2v) is 8.63. The maximum Gasteiger partial charge on any atom is 0.158 e. The van der Waals surface area contributed by atoms with Gasteiger partial charge in [0.25, 0.3) is 0 Å². The van der Waals surface area contributed by atoms with Crippen molar-refractivity contribution < 1.29 is 9.59 Å². The number of benzene rings is 1. The fourth-order valence-electron chi connectivity index (χ4n) is 1.87. The first-order valence-electron chi connectivity index (χ1n) is 6.98. The number of rotatable bonds is 4. The molecule has 0 saturated heterocycles. The highest BCUT2D eigenvalue weighted by Crippen LogP contribution is 2.45. The van der Waals surface area contributed by atoms with E-state index in [9.17, 15) is 9.59 Å². The van der Waals surface area contributed by atoms with Crippen LogP contribution in [0.5, 0.6) is 0 Å². The van der Waals surface area contributed by atoms with Gasteiger partial charge in [0.15, 0.2) is 5.78 Å². The number of ketones is 2. The highest BCUT2D eigenvalue weighted by atomic mass is 32.2.